The van der Waals surface area contributed by atoms with Crippen molar-refractivity contribution in [3.8, 4) is 0 Å². The molecule has 1 aromatic heterocycles. The Kier molecular flexibility index (Phi) is 5.11. The summed E-state index contributed by atoms with van der Waals surface area (Å²) in [4.78, 5) is 13.0. The predicted octanol–water partition coefficient (Wildman–Crippen LogP) is 3.12. The topological polar surface area (TPSA) is 62.5 Å². The number of aliphatic hydroxyl groups excluding tert-OH is 1. The maximum Gasteiger partial charge on any atom is 0.252 e. The molecular formula is C14H14ClNO3S. The lowest BCUT2D eigenvalue weighted by molar-refractivity contribution is 0.0901. The third-order valence-electron chi connectivity index (χ3n) is 2.75. The summed E-state index contributed by atoms with van der Waals surface area (Å²) in [6, 6.07) is 8.59. The second kappa shape index (κ2) is 6.83. The number of nitrogens with one attached hydrogen (secondary N) is 1. The standard InChI is InChI=1S/C14H14ClNO3S/c1-20-9-4-5-11(15)10(7-9)14(18)16-8-12(17)13-3-2-6-19-13/h2-7,12,17H,8H2,1H3,(H,16,18). The molecule has 1 atom stereocenters. The monoisotopic (exact) mass is 311 g/mol. The molecule has 1 amide bonds. The number of amides is 1. The minimum Gasteiger partial charge on any atom is -0.467 e. The second-order valence-electron chi connectivity index (χ2n) is 4.09. The molecule has 0 aliphatic heterocycles. The first-order valence-corrected chi connectivity index (χ1v) is 7.55. The van der Waals surface area contributed by atoms with Crippen molar-refractivity contribution in [3.05, 3.63) is 52.9 Å². The third-order valence-corrected chi connectivity index (χ3v) is 3.80. The molecule has 4 nitrogen and oxygen atoms in total. The molecule has 2 N–H and O–H groups in total. The Bertz CT molecular complexity index is 586. The molecule has 2 rings (SSSR count). The fourth-order valence-corrected chi connectivity index (χ4v) is 2.31. The van der Waals surface area contributed by atoms with Crippen molar-refractivity contribution in [3.63, 3.8) is 0 Å². The van der Waals surface area contributed by atoms with Gasteiger partial charge < -0.3 is 14.8 Å². The molecule has 0 saturated carbocycles. The maximum atomic E-state index is 12.1. The van der Waals surface area contributed by atoms with Gasteiger partial charge in [0.25, 0.3) is 5.91 Å². The summed E-state index contributed by atoms with van der Waals surface area (Å²) in [5, 5.41) is 12.8. The van der Waals surface area contributed by atoms with Gasteiger partial charge >= 0.3 is 0 Å². The van der Waals surface area contributed by atoms with Gasteiger partial charge in [0.05, 0.1) is 23.4 Å². The van der Waals surface area contributed by atoms with Crippen LogP contribution in [-0.2, 0) is 0 Å². The van der Waals surface area contributed by atoms with Crippen LogP contribution in [0, 0.1) is 0 Å². The molecule has 0 fully saturated rings. The summed E-state index contributed by atoms with van der Waals surface area (Å²) in [7, 11) is 0. The van der Waals surface area contributed by atoms with Crippen molar-refractivity contribution < 1.29 is 14.3 Å². The average molecular weight is 312 g/mol. The zero-order valence-corrected chi connectivity index (χ0v) is 12.4. The number of carbonyl (C=O) groups is 1. The van der Waals surface area contributed by atoms with Gasteiger partial charge in [-0.2, -0.15) is 0 Å². The van der Waals surface area contributed by atoms with E-state index in [2.05, 4.69) is 5.32 Å². The number of benzene rings is 1. The van der Waals surface area contributed by atoms with E-state index >= 15 is 0 Å². The number of thioether (sulfide) groups is 1. The van der Waals surface area contributed by atoms with Gasteiger partial charge in [-0.05, 0) is 36.6 Å². The Balaban J connectivity index is 2.01. The highest BCUT2D eigenvalue weighted by Gasteiger charge is 2.15. The van der Waals surface area contributed by atoms with E-state index in [1.165, 1.54) is 18.0 Å². The first-order chi connectivity index (χ1) is 9.61. The minimum atomic E-state index is -0.878. The van der Waals surface area contributed by atoms with E-state index in [0.29, 0.717) is 16.3 Å². The van der Waals surface area contributed by atoms with Gasteiger partial charge in [0.15, 0.2) is 0 Å². The fraction of sp³-hybridized carbons (Fsp3) is 0.214. The first-order valence-electron chi connectivity index (χ1n) is 5.95. The number of carbonyl (C=O) groups excluding carboxylic acids is 1. The Morgan fingerprint density at radius 1 is 1.50 bits per heavy atom. The summed E-state index contributed by atoms with van der Waals surface area (Å²) < 4.78 is 5.06. The molecule has 0 saturated heterocycles. The molecule has 0 aliphatic carbocycles. The fourth-order valence-electron chi connectivity index (χ4n) is 1.67. The zero-order chi connectivity index (χ0) is 14.5. The van der Waals surface area contributed by atoms with Crippen LogP contribution in [0.25, 0.3) is 0 Å². The molecule has 6 heteroatoms. The SMILES string of the molecule is CSc1ccc(Cl)c(C(=O)NCC(O)c2ccco2)c1. The summed E-state index contributed by atoms with van der Waals surface area (Å²) in [5.41, 5.74) is 0.394. The lowest BCUT2D eigenvalue weighted by Gasteiger charge is -2.11. The third kappa shape index (κ3) is 3.56. The van der Waals surface area contributed by atoms with Crippen molar-refractivity contribution in [1.82, 2.24) is 5.32 Å². The number of halogens is 1. The van der Waals surface area contributed by atoms with Gasteiger partial charge in [-0.15, -0.1) is 11.8 Å². The van der Waals surface area contributed by atoms with Gasteiger partial charge in [-0.1, -0.05) is 11.6 Å². The van der Waals surface area contributed by atoms with E-state index in [1.807, 2.05) is 12.3 Å². The zero-order valence-electron chi connectivity index (χ0n) is 10.8. The second-order valence-corrected chi connectivity index (χ2v) is 5.37. The van der Waals surface area contributed by atoms with Crippen molar-refractivity contribution in [2.45, 2.75) is 11.0 Å². The van der Waals surface area contributed by atoms with Crippen LogP contribution in [0.3, 0.4) is 0 Å². The van der Waals surface area contributed by atoms with E-state index in [-0.39, 0.29) is 12.5 Å². The molecule has 0 radical (unpaired) electrons. The Morgan fingerprint density at radius 2 is 2.30 bits per heavy atom. The van der Waals surface area contributed by atoms with E-state index in [4.69, 9.17) is 16.0 Å². The molecule has 1 unspecified atom stereocenters. The van der Waals surface area contributed by atoms with Crippen LogP contribution in [-0.4, -0.2) is 23.8 Å². The van der Waals surface area contributed by atoms with E-state index in [1.54, 1.807) is 24.3 Å². The summed E-state index contributed by atoms with van der Waals surface area (Å²) in [5.74, 6) is 0.0887. The molecule has 2 aromatic rings. The Labute approximate surface area is 126 Å². The first kappa shape index (κ1) is 15.0. The number of hydrogen-bond acceptors (Lipinski definition) is 4. The van der Waals surface area contributed by atoms with Crippen LogP contribution in [0.4, 0.5) is 0 Å². The highest BCUT2D eigenvalue weighted by atomic mass is 35.5. The van der Waals surface area contributed by atoms with Crippen LogP contribution in [0.1, 0.15) is 22.2 Å². The van der Waals surface area contributed by atoms with Gasteiger partial charge in [-0.3, -0.25) is 4.79 Å². The molecule has 20 heavy (non-hydrogen) atoms. The maximum absolute atomic E-state index is 12.1. The van der Waals surface area contributed by atoms with Crippen LogP contribution in [0.2, 0.25) is 5.02 Å². The quantitative estimate of drug-likeness (QED) is 0.833. The van der Waals surface area contributed by atoms with Gasteiger partial charge in [-0.25, -0.2) is 0 Å². The van der Waals surface area contributed by atoms with Crippen molar-refractivity contribution in [1.29, 1.82) is 0 Å². The van der Waals surface area contributed by atoms with Crippen molar-refractivity contribution in [2.75, 3.05) is 12.8 Å². The summed E-state index contributed by atoms with van der Waals surface area (Å²) in [6.07, 6.45) is 2.52. The largest absolute Gasteiger partial charge is 0.467 e. The van der Waals surface area contributed by atoms with E-state index < -0.39 is 6.10 Å². The lowest BCUT2D eigenvalue weighted by atomic mass is 10.2. The highest BCUT2D eigenvalue weighted by molar-refractivity contribution is 7.98. The lowest BCUT2D eigenvalue weighted by Crippen LogP contribution is -2.28. The normalized spacial score (nSPS) is 12.2. The van der Waals surface area contributed by atoms with Crippen molar-refractivity contribution in [2.24, 2.45) is 0 Å². The highest BCUT2D eigenvalue weighted by Crippen LogP contribution is 2.23. The Morgan fingerprint density at radius 3 is 2.95 bits per heavy atom. The number of rotatable bonds is 5. The van der Waals surface area contributed by atoms with Crippen LogP contribution < -0.4 is 5.32 Å². The molecular weight excluding hydrogens is 298 g/mol. The Hall–Kier alpha value is -1.43. The van der Waals surface area contributed by atoms with Crippen molar-refractivity contribution >= 4 is 29.3 Å². The van der Waals surface area contributed by atoms with Gasteiger partial charge in [0.1, 0.15) is 11.9 Å². The molecule has 0 aliphatic rings. The molecule has 1 heterocycles. The number of aliphatic hydroxyl groups is 1. The van der Waals surface area contributed by atoms with E-state index in [0.717, 1.165) is 4.90 Å². The van der Waals surface area contributed by atoms with Crippen LogP contribution in [0.5, 0.6) is 0 Å². The van der Waals surface area contributed by atoms with Crippen LogP contribution >= 0.6 is 23.4 Å². The smallest absolute Gasteiger partial charge is 0.252 e. The van der Waals surface area contributed by atoms with Gasteiger partial charge in [0, 0.05) is 4.90 Å². The van der Waals surface area contributed by atoms with Gasteiger partial charge in [0.2, 0.25) is 0 Å². The average Bonchev–Trinajstić information content (AvgIpc) is 2.99. The predicted molar refractivity (Wildman–Crippen MR) is 79.2 cm³/mol. The number of furan rings is 1. The molecule has 1 aromatic carbocycles. The summed E-state index contributed by atoms with van der Waals surface area (Å²) in [6.45, 7) is 0.0617. The molecule has 106 valence electrons. The van der Waals surface area contributed by atoms with E-state index in [9.17, 15) is 9.90 Å². The van der Waals surface area contributed by atoms with Crippen LogP contribution in [0.15, 0.2) is 45.9 Å². The number of hydrogen-bond donors (Lipinski definition) is 2. The minimum absolute atomic E-state index is 0.0617. The molecule has 0 bridgehead atoms. The summed E-state index contributed by atoms with van der Waals surface area (Å²) >= 11 is 7.54. The molecule has 0 spiro atoms.